The molecule has 0 atom stereocenters. The van der Waals surface area contributed by atoms with E-state index >= 15 is 0 Å². The van der Waals surface area contributed by atoms with Crippen molar-refractivity contribution in [2.24, 2.45) is 0 Å². The van der Waals surface area contributed by atoms with Crippen molar-refractivity contribution in [1.82, 2.24) is 9.97 Å². The highest BCUT2D eigenvalue weighted by Gasteiger charge is 2.33. The van der Waals surface area contributed by atoms with Crippen LogP contribution in [0.25, 0.3) is 11.1 Å². The molecule has 30 heavy (non-hydrogen) atoms. The number of alkyl halides is 2. The van der Waals surface area contributed by atoms with Gasteiger partial charge in [-0.3, -0.25) is 4.98 Å². The molecule has 5 nitrogen and oxygen atoms in total. The normalized spacial score (nSPS) is 11.4. The van der Waals surface area contributed by atoms with Gasteiger partial charge in [-0.1, -0.05) is 6.92 Å². The Morgan fingerprint density at radius 3 is 2.57 bits per heavy atom. The summed E-state index contributed by atoms with van der Waals surface area (Å²) < 4.78 is 57.8. The molecule has 0 unspecified atom stereocenters. The van der Waals surface area contributed by atoms with Crippen LogP contribution in [0.1, 0.15) is 19.0 Å². The van der Waals surface area contributed by atoms with Crippen LogP contribution >= 0.6 is 0 Å². The van der Waals surface area contributed by atoms with E-state index in [2.05, 4.69) is 9.97 Å². The maximum absolute atomic E-state index is 14.2. The van der Waals surface area contributed by atoms with Gasteiger partial charge in [-0.2, -0.15) is 8.78 Å². The number of hydrogen-bond donors (Lipinski definition) is 0. The molecule has 0 spiro atoms. The minimum Gasteiger partial charge on any atom is -0.496 e. The number of ether oxygens (including phenoxy) is 3. The average Bonchev–Trinajstić information content (AvgIpc) is 2.75. The Kier molecular flexibility index (Phi) is 6.89. The molecule has 3 aromatic rings. The number of rotatable bonds is 9. The van der Waals surface area contributed by atoms with Gasteiger partial charge < -0.3 is 14.2 Å². The summed E-state index contributed by atoms with van der Waals surface area (Å²) in [5.74, 6) is -2.90. The first-order valence-corrected chi connectivity index (χ1v) is 9.33. The third kappa shape index (κ3) is 5.07. The Balaban J connectivity index is 1.83. The second kappa shape index (κ2) is 9.58. The summed E-state index contributed by atoms with van der Waals surface area (Å²) in [5, 5.41) is 0. The Morgan fingerprint density at radius 2 is 1.87 bits per heavy atom. The van der Waals surface area contributed by atoms with Gasteiger partial charge >= 0.3 is 5.92 Å². The molecule has 0 fully saturated rings. The second-order valence-corrected chi connectivity index (χ2v) is 6.44. The van der Waals surface area contributed by atoms with Crippen molar-refractivity contribution >= 4 is 0 Å². The van der Waals surface area contributed by atoms with Gasteiger partial charge in [0.2, 0.25) is 5.88 Å². The number of methoxy groups -OCH3 is 1. The largest absolute Gasteiger partial charge is 0.496 e. The van der Waals surface area contributed by atoms with Crippen LogP contribution in [0.2, 0.25) is 0 Å². The number of nitrogens with zero attached hydrogens (tertiary/aromatic N) is 2. The molecule has 0 aliphatic rings. The van der Waals surface area contributed by atoms with Crippen LogP contribution in [0, 0.1) is 5.82 Å². The van der Waals surface area contributed by atoms with Crippen molar-refractivity contribution in [2.45, 2.75) is 19.3 Å². The number of aromatic nitrogens is 2. The van der Waals surface area contributed by atoms with Gasteiger partial charge in [0, 0.05) is 30.0 Å². The number of halogens is 3. The summed E-state index contributed by atoms with van der Waals surface area (Å²) in [5.41, 5.74) is 0.718. The van der Waals surface area contributed by atoms with Crippen LogP contribution in [0.5, 0.6) is 17.4 Å². The molecule has 0 amide bonds. The molecule has 0 aliphatic carbocycles. The minimum absolute atomic E-state index is 0.204. The summed E-state index contributed by atoms with van der Waals surface area (Å²) >= 11 is 0. The van der Waals surface area contributed by atoms with E-state index in [-0.39, 0.29) is 18.2 Å². The fraction of sp³-hybridized carbons (Fsp3) is 0.273. The fourth-order valence-electron chi connectivity index (χ4n) is 2.75. The molecule has 8 heteroatoms. The quantitative estimate of drug-likeness (QED) is 0.423. The maximum atomic E-state index is 14.2. The highest BCUT2D eigenvalue weighted by atomic mass is 19.3. The van der Waals surface area contributed by atoms with Crippen LogP contribution in [0.4, 0.5) is 13.2 Å². The highest BCUT2D eigenvalue weighted by Crippen LogP contribution is 2.37. The molecule has 1 aromatic carbocycles. The molecule has 3 rings (SSSR count). The molecule has 0 N–H and O–H groups in total. The van der Waals surface area contributed by atoms with E-state index in [1.54, 1.807) is 18.2 Å². The zero-order valence-electron chi connectivity index (χ0n) is 16.6. The van der Waals surface area contributed by atoms with E-state index in [9.17, 15) is 13.2 Å². The molecule has 0 saturated carbocycles. The van der Waals surface area contributed by atoms with E-state index in [0.717, 1.165) is 0 Å². The van der Waals surface area contributed by atoms with Gasteiger partial charge in [0.15, 0.2) is 0 Å². The fourth-order valence-corrected chi connectivity index (χ4v) is 2.75. The molecular weight excluding hydrogens is 397 g/mol. The van der Waals surface area contributed by atoms with E-state index in [1.165, 1.54) is 43.8 Å². The Morgan fingerprint density at radius 1 is 1.03 bits per heavy atom. The molecule has 2 aromatic heterocycles. The van der Waals surface area contributed by atoms with Crippen molar-refractivity contribution in [1.29, 1.82) is 0 Å². The van der Waals surface area contributed by atoms with Crippen LogP contribution < -0.4 is 9.47 Å². The maximum Gasteiger partial charge on any atom is 0.312 e. The van der Waals surface area contributed by atoms with E-state index in [0.29, 0.717) is 23.3 Å². The number of benzene rings is 1. The molecule has 0 radical (unpaired) electrons. The predicted octanol–water partition coefficient (Wildman–Crippen LogP) is 5.60. The smallest absolute Gasteiger partial charge is 0.312 e. The second-order valence-electron chi connectivity index (χ2n) is 6.44. The third-order valence-electron chi connectivity index (χ3n) is 4.18. The molecule has 0 saturated heterocycles. The molecule has 0 bridgehead atoms. The highest BCUT2D eigenvalue weighted by molar-refractivity contribution is 5.74. The van der Waals surface area contributed by atoms with Crippen LogP contribution in [0.3, 0.4) is 0 Å². The lowest BCUT2D eigenvalue weighted by molar-refractivity contribution is -0.0854. The predicted molar refractivity (Wildman–Crippen MR) is 105 cm³/mol. The minimum atomic E-state index is -3.20. The summed E-state index contributed by atoms with van der Waals surface area (Å²) in [7, 11) is 1.43. The summed E-state index contributed by atoms with van der Waals surface area (Å²) in [6.45, 7) is 1.37. The van der Waals surface area contributed by atoms with Crippen LogP contribution in [0.15, 0.2) is 54.9 Å². The molecule has 158 valence electrons. The standard InChI is InChI=1S/C22H21F3N2O3/c1-3-11-29-14-22(24,25)20-9-7-16(13-27-20)30-21-18(5-4-10-26-21)17-8-6-15(23)12-19(17)28-2/h4-10,12-13H,3,11,14H2,1-2H3. The Bertz CT molecular complexity index is 982. The molecular formula is C22H21F3N2O3. The van der Waals surface area contributed by atoms with E-state index in [1.807, 2.05) is 6.92 Å². The van der Waals surface area contributed by atoms with Crippen LogP contribution in [-0.2, 0) is 10.7 Å². The van der Waals surface area contributed by atoms with E-state index in [4.69, 9.17) is 14.2 Å². The first kappa shape index (κ1) is 21.6. The van der Waals surface area contributed by atoms with Crippen molar-refractivity contribution < 1.29 is 27.4 Å². The van der Waals surface area contributed by atoms with Gasteiger partial charge in [-0.25, -0.2) is 9.37 Å². The van der Waals surface area contributed by atoms with Crippen LogP contribution in [-0.4, -0.2) is 30.3 Å². The summed E-state index contributed by atoms with van der Waals surface area (Å²) in [6.07, 6.45) is 3.38. The zero-order chi connectivity index (χ0) is 21.6. The van der Waals surface area contributed by atoms with Crippen molar-refractivity contribution in [3.63, 3.8) is 0 Å². The monoisotopic (exact) mass is 418 g/mol. The van der Waals surface area contributed by atoms with Crippen molar-refractivity contribution in [2.75, 3.05) is 20.3 Å². The topological polar surface area (TPSA) is 53.5 Å². The van der Waals surface area contributed by atoms with Crippen molar-refractivity contribution in [3.05, 3.63) is 66.4 Å². The molecule has 0 aliphatic heterocycles. The first-order valence-electron chi connectivity index (χ1n) is 9.33. The Labute approximate surface area is 172 Å². The zero-order valence-corrected chi connectivity index (χ0v) is 16.6. The number of pyridine rings is 2. The van der Waals surface area contributed by atoms with E-state index < -0.39 is 24.0 Å². The Hall–Kier alpha value is -3.13. The first-order chi connectivity index (χ1) is 14.4. The lowest BCUT2D eigenvalue weighted by atomic mass is 10.1. The lowest BCUT2D eigenvalue weighted by Crippen LogP contribution is -2.22. The SMILES string of the molecule is CCCOCC(F)(F)c1ccc(Oc2ncccc2-c2ccc(F)cc2OC)cn1. The number of hydrogen-bond acceptors (Lipinski definition) is 5. The van der Waals surface area contributed by atoms with Gasteiger partial charge in [-0.15, -0.1) is 0 Å². The van der Waals surface area contributed by atoms with Gasteiger partial charge in [0.25, 0.3) is 0 Å². The summed E-state index contributed by atoms with van der Waals surface area (Å²) in [4.78, 5) is 8.02. The average molecular weight is 418 g/mol. The third-order valence-corrected chi connectivity index (χ3v) is 4.18. The van der Waals surface area contributed by atoms with Crippen molar-refractivity contribution in [3.8, 4) is 28.5 Å². The summed E-state index contributed by atoms with van der Waals surface area (Å²) in [6, 6.07) is 10.1. The van der Waals surface area contributed by atoms with Gasteiger partial charge in [-0.05, 0) is 42.8 Å². The van der Waals surface area contributed by atoms with Gasteiger partial charge in [0.1, 0.15) is 29.6 Å². The lowest BCUT2D eigenvalue weighted by Gasteiger charge is -2.16. The van der Waals surface area contributed by atoms with Gasteiger partial charge in [0.05, 0.1) is 13.3 Å². The molecule has 2 heterocycles.